The third-order valence-corrected chi connectivity index (χ3v) is 6.11. The molecule has 3 aliphatic heterocycles. The van der Waals surface area contributed by atoms with Crippen LogP contribution in [0.2, 0.25) is 0 Å². The molecule has 3 saturated heterocycles. The summed E-state index contributed by atoms with van der Waals surface area (Å²) in [7, 11) is -3.08. The lowest BCUT2D eigenvalue weighted by atomic mass is 10.1. The van der Waals surface area contributed by atoms with Gasteiger partial charge in [0.05, 0.1) is 30.3 Å². The number of rotatable bonds is 3. The molecule has 0 spiro atoms. The van der Waals surface area contributed by atoms with E-state index in [1.807, 2.05) is 0 Å². The van der Waals surface area contributed by atoms with Crippen molar-refractivity contribution in [3.63, 3.8) is 0 Å². The summed E-state index contributed by atoms with van der Waals surface area (Å²) in [5.41, 5.74) is 0. The highest BCUT2D eigenvalue weighted by Gasteiger charge is 2.37. The first-order valence-electron chi connectivity index (χ1n) is 7.01. The highest BCUT2D eigenvalue weighted by Crippen LogP contribution is 2.22. The fraction of sp³-hybridized carbons (Fsp3) is 1.00. The van der Waals surface area contributed by atoms with Crippen molar-refractivity contribution in [2.24, 2.45) is 0 Å². The van der Waals surface area contributed by atoms with Crippen LogP contribution in [0.25, 0.3) is 0 Å². The van der Waals surface area contributed by atoms with Crippen LogP contribution in [0.3, 0.4) is 0 Å². The van der Waals surface area contributed by atoms with Crippen LogP contribution in [0.4, 0.5) is 0 Å². The molecule has 2 N–H and O–H groups in total. The maximum atomic E-state index is 11.4. The molecule has 0 aromatic heterocycles. The number of aliphatic hydroxyl groups is 1. The van der Waals surface area contributed by atoms with Gasteiger partial charge in [0, 0.05) is 25.2 Å². The zero-order valence-corrected chi connectivity index (χ0v) is 11.8. The van der Waals surface area contributed by atoms with Crippen LogP contribution in [-0.2, 0) is 14.6 Å². The molecule has 3 aliphatic rings. The Kier molecular flexibility index (Phi) is 3.83. The lowest BCUT2D eigenvalue weighted by Gasteiger charge is -2.35. The van der Waals surface area contributed by atoms with E-state index in [0.717, 1.165) is 19.7 Å². The van der Waals surface area contributed by atoms with Crippen molar-refractivity contribution in [1.29, 1.82) is 0 Å². The molecule has 4 atom stereocenters. The van der Waals surface area contributed by atoms with E-state index in [-0.39, 0.29) is 23.7 Å². The monoisotopic (exact) mass is 290 g/mol. The predicted molar refractivity (Wildman–Crippen MR) is 70.8 cm³/mol. The number of ether oxygens (including phenoxy) is 1. The van der Waals surface area contributed by atoms with E-state index in [0.29, 0.717) is 12.6 Å². The normalized spacial score (nSPS) is 42.4. The number of hydrogen-bond acceptors (Lipinski definition) is 6. The fourth-order valence-corrected chi connectivity index (χ4v) is 5.09. The molecule has 0 saturated carbocycles. The van der Waals surface area contributed by atoms with Crippen LogP contribution in [0.1, 0.15) is 12.8 Å². The van der Waals surface area contributed by atoms with Crippen molar-refractivity contribution in [2.75, 3.05) is 37.7 Å². The molecule has 0 amide bonds. The molecule has 3 heterocycles. The molecule has 19 heavy (non-hydrogen) atoms. The van der Waals surface area contributed by atoms with Gasteiger partial charge < -0.3 is 15.2 Å². The molecule has 0 aliphatic carbocycles. The molecule has 6 nitrogen and oxygen atoms in total. The first-order chi connectivity index (χ1) is 9.03. The molecule has 110 valence electrons. The molecule has 0 radical (unpaired) electrons. The molecule has 4 unspecified atom stereocenters. The van der Waals surface area contributed by atoms with Crippen molar-refractivity contribution < 1.29 is 18.3 Å². The molecule has 7 heteroatoms. The van der Waals surface area contributed by atoms with E-state index in [1.165, 1.54) is 12.8 Å². The summed E-state index contributed by atoms with van der Waals surface area (Å²) >= 11 is 0. The lowest BCUT2D eigenvalue weighted by Crippen LogP contribution is -2.51. The summed E-state index contributed by atoms with van der Waals surface area (Å²) in [5.74, 6) is -0.0857. The smallest absolute Gasteiger partial charge is 0.154 e. The van der Waals surface area contributed by atoms with Gasteiger partial charge in [-0.15, -0.1) is 0 Å². The largest absolute Gasteiger partial charge is 0.390 e. The van der Waals surface area contributed by atoms with Gasteiger partial charge in [-0.1, -0.05) is 0 Å². The highest BCUT2D eigenvalue weighted by atomic mass is 32.2. The first kappa shape index (κ1) is 13.8. The second-order valence-electron chi connectivity index (χ2n) is 5.91. The zero-order valence-electron chi connectivity index (χ0n) is 11.0. The summed E-state index contributed by atoms with van der Waals surface area (Å²) in [4.78, 5) is 2.46. The summed E-state index contributed by atoms with van der Waals surface area (Å²) < 4.78 is 28.6. The van der Waals surface area contributed by atoms with Crippen LogP contribution in [0, 0.1) is 0 Å². The van der Waals surface area contributed by atoms with E-state index in [1.54, 1.807) is 0 Å². The van der Waals surface area contributed by atoms with Crippen molar-refractivity contribution in [3.05, 3.63) is 0 Å². The Bertz CT molecular complexity index is 427. The minimum absolute atomic E-state index is 0.0349. The molecule has 0 aromatic rings. The number of nitrogens with zero attached hydrogens (tertiary/aromatic N) is 1. The van der Waals surface area contributed by atoms with Gasteiger partial charge >= 0.3 is 0 Å². The Morgan fingerprint density at radius 2 is 2.21 bits per heavy atom. The van der Waals surface area contributed by atoms with Crippen molar-refractivity contribution in [3.8, 4) is 0 Å². The van der Waals surface area contributed by atoms with Gasteiger partial charge in [-0.05, 0) is 19.4 Å². The number of nitrogens with one attached hydrogen (secondary N) is 1. The predicted octanol–water partition coefficient (Wildman–Crippen LogP) is -1.40. The Morgan fingerprint density at radius 1 is 1.37 bits per heavy atom. The Balaban J connectivity index is 1.48. The van der Waals surface area contributed by atoms with Gasteiger partial charge in [-0.2, -0.15) is 0 Å². The van der Waals surface area contributed by atoms with E-state index in [4.69, 9.17) is 4.74 Å². The summed E-state index contributed by atoms with van der Waals surface area (Å²) in [6.45, 7) is 3.44. The lowest BCUT2D eigenvalue weighted by molar-refractivity contribution is -0.0486. The minimum Gasteiger partial charge on any atom is -0.390 e. The fourth-order valence-electron chi connectivity index (χ4n) is 3.32. The third-order valence-electron chi connectivity index (χ3n) is 4.39. The van der Waals surface area contributed by atoms with Gasteiger partial charge in [-0.3, -0.25) is 4.90 Å². The van der Waals surface area contributed by atoms with Gasteiger partial charge in [0.2, 0.25) is 0 Å². The molecule has 3 fully saturated rings. The van der Waals surface area contributed by atoms with E-state index >= 15 is 0 Å². The molecule has 0 aromatic carbocycles. The van der Waals surface area contributed by atoms with Crippen LogP contribution in [0.15, 0.2) is 0 Å². The molecular formula is C12H22N2O4S. The van der Waals surface area contributed by atoms with Crippen molar-refractivity contribution >= 4 is 9.84 Å². The van der Waals surface area contributed by atoms with Crippen LogP contribution >= 0.6 is 0 Å². The van der Waals surface area contributed by atoms with Crippen LogP contribution in [-0.4, -0.2) is 80.5 Å². The SMILES string of the molecule is O=S1(=O)CC(O)C(NCC2CN3CCCC3CO2)C1. The topological polar surface area (TPSA) is 78.9 Å². The Labute approximate surface area is 114 Å². The number of hydrogen-bond donors (Lipinski definition) is 2. The third kappa shape index (κ3) is 3.11. The van der Waals surface area contributed by atoms with E-state index in [9.17, 15) is 13.5 Å². The minimum atomic E-state index is -3.08. The van der Waals surface area contributed by atoms with Gasteiger partial charge in [0.25, 0.3) is 0 Å². The number of sulfone groups is 1. The second-order valence-corrected chi connectivity index (χ2v) is 8.06. The van der Waals surface area contributed by atoms with Gasteiger partial charge in [0.1, 0.15) is 0 Å². The Hall–Kier alpha value is -0.210. The summed E-state index contributed by atoms with van der Waals surface area (Å²) in [6.07, 6.45) is 1.78. The highest BCUT2D eigenvalue weighted by molar-refractivity contribution is 7.91. The number of aliphatic hydroxyl groups excluding tert-OH is 1. The van der Waals surface area contributed by atoms with Crippen molar-refractivity contribution in [1.82, 2.24) is 10.2 Å². The van der Waals surface area contributed by atoms with Crippen molar-refractivity contribution in [2.45, 2.75) is 37.1 Å². The van der Waals surface area contributed by atoms with Crippen LogP contribution < -0.4 is 5.32 Å². The number of fused-ring (bicyclic) bond motifs is 1. The quantitative estimate of drug-likeness (QED) is 0.665. The van der Waals surface area contributed by atoms with E-state index < -0.39 is 15.9 Å². The number of morpholine rings is 1. The molecular weight excluding hydrogens is 268 g/mol. The van der Waals surface area contributed by atoms with Gasteiger partial charge in [-0.25, -0.2) is 8.42 Å². The second kappa shape index (κ2) is 5.29. The summed E-state index contributed by atoms with van der Waals surface area (Å²) in [5, 5.41) is 12.9. The Morgan fingerprint density at radius 3 is 2.95 bits per heavy atom. The maximum absolute atomic E-state index is 11.4. The summed E-state index contributed by atoms with van der Waals surface area (Å²) in [6, 6.07) is 0.235. The van der Waals surface area contributed by atoms with Crippen LogP contribution in [0.5, 0.6) is 0 Å². The molecule has 0 bridgehead atoms. The first-order valence-corrected chi connectivity index (χ1v) is 8.83. The zero-order chi connectivity index (χ0) is 13.5. The van der Waals surface area contributed by atoms with E-state index in [2.05, 4.69) is 10.2 Å². The maximum Gasteiger partial charge on any atom is 0.154 e. The average molecular weight is 290 g/mol. The average Bonchev–Trinajstić information content (AvgIpc) is 2.89. The van der Waals surface area contributed by atoms with Gasteiger partial charge in [0.15, 0.2) is 9.84 Å². The standard InChI is InChI=1S/C12H22N2O4S/c15-12-8-19(16,17)7-11(12)13-4-10-5-14-3-1-2-9(14)6-18-10/h9-13,15H,1-8H2. The molecule has 3 rings (SSSR count).